The quantitative estimate of drug-likeness (QED) is 0.421. The van der Waals surface area contributed by atoms with Crippen LogP contribution in [0.4, 0.5) is 4.39 Å². The third kappa shape index (κ3) is 4.72. The molecule has 0 saturated carbocycles. The minimum atomic E-state index is -0.950. The first kappa shape index (κ1) is 20.5. The Morgan fingerprint density at radius 2 is 1.81 bits per heavy atom. The van der Waals surface area contributed by atoms with Crippen molar-refractivity contribution < 1.29 is 14.3 Å². The topological polar surface area (TPSA) is 55.1 Å². The van der Waals surface area contributed by atoms with Gasteiger partial charge >= 0.3 is 5.97 Å². The summed E-state index contributed by atoms with van der Waals surface area (Å²) in [6, 6.07) is 21.6. The van der Waals surface area contributed by atoms with E-state index in [-0.39, 0.29) is 17.3 Å². The number of aryl methyl sites for hydroxylation is 1. The molecule has 4 aromatic rings. The smallest absolute Gasteiger partial charge is 0.336 e. The van der Waals surface area contributed by atoms with Gasteiger partial charge in [-0.3, -0.25) is 0 Å². The van der Waals surface area contributed by atoms with Crippen LogP contribution in [0.1, 0.15) is 33.1 Å². The van der Waals surface area contributed by atoms with Crippen molar-refractivity contribution in [1.29, 1.82) is 0 Å². The van der Waals surface area contributed by atoms with Gasteiger partial charge in [-0.1, -0.05) is 54.6 Å². The number of hydrogen-bond donors (Lipinski definition) is 1. The van der Waals surface area contributed by atoms with Gasteiger partial charge in [0, 0.05) is 24.4 Å². The van der Waals surface area contributed by atoms with Crippen LogP contribution in [0.25, 0.3) is 11.1 Å². The molecule has 5 heteroatoms. The number of imidazole rings is 1. The summed E-state index contributed by atoms with van der Waals surface area (Å²) < 4.78 is 15.6. The largest absolute Gasteiger partial charge is 0.478 e. The molecule has 0 saturated heterocycles. The number of benzene rings is 3. The molecule has 0 radical (unpaired) electrons. The molecule has 0 amide bonds. The van der Waals surface area contributed by atoms with Crippen LogP contribution in [0, 0.1) is 12.7 Å². The average Bonchev–Trinajstić information content (AvgIpc) is 3.18. The molecule has 1 unspecified atom stereocenters. The van der Waals surface area contributed by atoms with Crippen molar-refractivity contribution in [1.82, 2.24) is 9.55 Å². The lowest BCUT2D eigenvalue weighted by molar-refractivity contribution is 0.0697. The summed E-state index contributed by atoms with van der Waals surface area (Å²) in [4.78, 5) is 16.0. The maximum atomic E-state index is 13.5. The molecule has 3 aromatic carbocycles. The number of rotatable bonds is 7. The first-order chi connectivity index (χ1) is 15.0. The number of halogens is 1. The molecule has 4 nitrogen and oxygen atoms in total. The van der Waals surface area contributed by atoms with Crippen LogP contribution in [0.15, 0.2) is 85.3 Å². The predicted molar refractivity (Wildman–Crippen MR) is 119 cm³/mol. The van der Waals surface area contributed by atoms with Crippen LogP contribution < -0.4 is 0 Å². The fourth-order valence-electron chi connectivity index (χ4n) is 3.88. The van der Waals surface area contributed by atoms with Gasteiger partial charge in [0.05, 0.1) is 11.9 Å². The van der Waals surface area contributed by atoms with E-state index in [1.54, 1.807) is 12.4 Å². The second kappa shape index (κ2) is 8.96. The van der Waals surface area contributed by atoms with E-state index >= 15 is 0 Å². The van der Waals surface area contributed by atoms with Crippen LogP contribution in [0.2, 0.25) is 0 Å². The maximum absolute atomic E-state index is 13.5. The number of carboxylic acids is 1. The van der Waals surface area contributed by atoms with Crippen molar-refractivity contribution in [2.24, 2.45) is 0 Å². The minimum absolute atomic E-state index is 0.0767. The first-order valence-corrected chi connectivity index (χ1v) is 10.1. The lowest BCUT2D eigenvalue weighted by Crippen LogP contribution is -2.13. The molecule has 1 heterocycles. The van der Waals surface area contributed by atoms with E-state index in [1.165, 1.54) is 12.1 Å². The summed E-state index contributed by atoms with van der Waals surface area (Å²) in [6.07, 6.45) is 4.30. The zero-order valence-corrected chi connectivity index (χ0v) is 17.2. The monoisotopic (exact) mass is 414 g/mol. The second-order valence-corrected chi connectivity index (χ2v) is 7.69. The summed E-state index contributed by atoms with van der Waals surface area (Å²) in [5, 5.41) is 9.66. The Morgan fingerprint density at radius 1 is 1.06 bits per heavy atom. The maximum Gasteiger partial charge on any atom is 0.336 e. The number of aromatic nitrogens is 2. The minimum Gasteiger partial charge on any atom is -0.478 e. The molecule has 1 aromatic heterocycles. The van der Waals surface area contributed by atoms with Crippen LogP contribution in [-0.4, -0.2) is 20.6 Å². The van der Waals surface area contributed by atoms with Gasteiger partial charge in [0.2, 0.25) is 0 Å². The number of nitrogens with zero attached hydrogens (tertiary/aromatic N) is 2. The lowest BCUT2D eigenvalue weighted by Gasteiger charge is -2.20. The third-order valence-corrected chi connectivity index (χ3v) is 5.56. The Bertz CT molecular complexity index is 1180. The summed E-state index contributed by atoms with van der Waals surface area (Å²) in [7, 11) is 0. The Labute approximate surface area is 180 Å². The number of aromatic carboxylic acids is 1. The fraction of sp³-hybridized carbons (Fsp3) is 0.154. The molecule has 4 rings (SSSR count). The Balaban J connectivity index is 1.71. The third-order valence-electron chi connectivity index (χ3n) is 5.56. The second-order valence-electron chi connectivity index (χ2n) is 7.69. The van der Waals surface area contributed by atoms with E-state index < -0.39 is 5.97 Å². The molecular formula is C26H23FN2O2. The highest BCUT2D eigenvalue weighted by molar-refractivity contribution is 5.96. The van der Waals surface area contributed by atoms with Crippen molar-refractivity contribution >= 4 is 5.97 Å². The average molecular weight is 414 g/mol. The molecule has 0 aliphatic heterocycles. The summed E-state index contributed by atoms with van der Waals surface area (Å²) >= 11 is 0. The van der Waals surface area contributed by atoms with Crippen LogP contribution >= 0.6 is 0 Å². The molecule has 0 aliphatic carbocycles. The molecular weight excluding hydrogens is 391 g/mol. The Morgan fingerprint density at radius 3 is 2.45 bits per heavy atom. The Kier molecular flexibility index (Phi) is 5.94. The van der Waals surface area contributed by atoms with E-state index in [9.17, 15) is 14.3 Å². The molecule has 31 heavy (non-hydrogen) atoms. The summed E-state index contributed by atoms with van der Waals surface area (Å²) in [6.45, 7) is 2.70. The van der Waals surface area contributed by atoms with Gasteiger partial charge in [0.1, 0.15) is 5.82 Å². The molecule has 0 spiro atoms. The fourth-order valence-corrected chi connectivity index (χ4v) is 3.88. The van der Waals surface area contributed by atoms with E-state index in [2.05, 4.69) is 9.55 Å². The van der Waals surface area contributed by atoms with Gasteiger partial charge in [0.25, 0.3) is 0 Å². The zero-order chi connectivity index (χ0) is 21.8. The molecule has 0 aliphatic rings. The van der Waals surface area contributed by atoms with Crippen molar-refractivity contribution in [3.63, 3.8) is 0 Å². The SMILES string of the molecule is Cc1cncn1CC(Cc1ccc(C(=O)O)c(-c2ccccc2)c1)c1ccc(F)cc1. The van der Waals surface area contributed by atoms with Crippen LogP contribution in [-0.2, 0) is 13.0 Å². The van der Waals surface area contributed by atoms with E-state index in [0.29, 0.717) is 18.5 Å². The van der Waals surface area contributed by atoms with Gasteiger partial charge in [-0.25, -0.2) is 14.2 Å². The summed E-state index contributed by atoms with van der Waals surface area (Å²) in [5.74, 6) is -1.14. The molecule has 156 valence electrons. The van der Waals surface area contributed by atoms with Crippen molar-refractivity contribution in [2.75, 3.05) is 0 Å². The van der Waals surface area contributed by atoms with Gasteiger partial charge < -0.3 is 9.67 Å². The number of hydrogen-bond acceptors (Lipinski definition) is 2. The highest BCUT2D eigenvalue weighted by Crippen LogP contribution is 2.29. The van der Waals surface area contributed by atoms with Crippen LogP contribution in [0.5, 0.6) is 0 Å². The van der Waals surface area contributed by atoms with E-state index in [4.69, 9.17) is 0 Å². The highest BCUT2D eigenvalue weighted by Gasteiger charge is 2.18. The van der Waals surface area contributed by atoms with Gasteiger partial charge in [0.15, 0.2) is 0 Å². The number of carbonyl (C=O) groups is 1. The van der Waals surface area contributed by atoms with Gasteiger partial charge in [-0.15, -0.1) is 0 Å². The standard InChI is InChI=1S/C26H23FN2O2/c1-18-15-28-17-29(18)16-22(20-8-10-23(27)11-9-20)13-19-7-12-24(26(30)31)25(14-19)21-5-3-2-4-6-21/h2-12,14-15,17,22H,13,16H2,1H3,(H,30,31). The van der Waals surface area contributed by atoms with E-state index in [0.717, 1.165) is 22.4 Å². The Hall–Kier alpha value is -3.73. The normalized spacial score (nSPS) is 11.9. The highest BCUT2D eigenvalue weighted by atomic mass is 19.1. The zero-order valence-electron chi connectivity index (χ0n) is 17.2. The van der Waals surface area contributed by atoms with Gasteiger partial charge in [-0.05, 0) is 53.8 Å². The molecule has 1 N–H and O–H groups in total. The van der Waals surface area contributed by atoms with E-state index in [1.807, 2.05) is 67.7 Å². The molecule has 1 atom stereocenters. The van der Waals surface area contributed by atoms with Gasteiger partial charge in [-0.2, -0.15) is 0 Å². The lowest BCUT2D eigenvalue weighted by atomic mass is 9.89. The predicted octanol–water partition coefficient (Wildman–Crippen LogP) is 5.72. The van der Waals surface area contributed by atoms with Crippen molar-refractivity contribution in [3.8, 4) is 11.1 Å². The van der Waals surface area contributed by atoms with Crippen molar-refractivity contribution in [3.05, 3.63) is 114 Å². The van der Waals surface area contributed by atoms with Crippen molar-refractivity contribution in [2.45, 2.75) is 25.8 Å². The molecule has 0 bridgehead atoms. The molecule has 0 fully saturated rings. The summed E-state index contributed by atoms with van der Waals surface area (Å²) in [5.41, 5.74) is 4.94. The number of carboxylic acid groups (broad SMARTS) is 1. The van der Waals surface area contributed by atoms with Crippen LogP contribution in [0.3, 0.4) is 0 Å². The first-order valence-electron chi connectivity index (χ1n) is 10.1.